The monoisotopic (exact) mass is 489 g/mol. The molecular weight excluding hydrogens is 466 g/mol. The van der Waals surface area contributed by atoms with Gasteiger partial charge in [0.1, 0.15) is 5.75 Å². The van der Waals surface area contributed by atoms with Crippen molar-refractivity contribution in [3.05, 3.63) is 95.3 Å². The highest BCUT2D eigenvalue weighted by molar-refractivity contribution is 5.94. The normalized spacial score (nSPS) is 11.7. The van der Waals surface area contributed by atoms with Gasteiger partial charge in [0.15, 0.2) is 11.6 Å². The van der Waals surface area contributed by atoms with Crippen LogP contribution in [0.5, 0.6) is 11.5 Å². The Hall–Kier alpha value is -4.01. The minimum atomic E-state index is -4.74. The highest BCUT2D eigenvalue weighted by atomic mass is 19.4. The molecule has 9 heteroatoms. The van der Waals surface area contributed by atoms with Crippen molar-refractivity contribution < 1.29 is 36.6 Å². The molecule has 0 saturated heterocycles. The zero-order valence-corrected chi connectivity index (χ0v) is 19.0. The smallest absolute Gasteiger partial charge is 0.494 e. The molecule has 0 heterocycles. The van der Waals surface area contributed by atoms with Gasteiger partial charge in [0, 0.05) is 17.8 Å². The molecule has 3 rings (SSSR count). The van der Waals surface area contributed by atoms with E-state index in [1.54, 1.807) is 37.3 Å². The summed E-state index contributed by atoms with van der Waals surface area (Å²) in [5.41, 5.74) is 3.13. The Morgan fingerprint density at radius 3 is 2.14 bits per heavy atom. The fourth-order valence-corrected chi connectivity index (χ4v) is 3.24. The molecule has 0 atom stereocenters. The van der Waals surface area contributed by atoms with Gasteiger partial charge in [-0.1, -0.05) is 36.4 Å². The molecule has 3 aromatic rings. The number of ether oxygens (including phenoxy) is 3. The summed E-state index contributed by atoms with van der Waals surface area (Å²) < 4.78 is 64.9. The molecule has 0 aliphatic heterocycles. The zero-order chi connectivity index (χ0) is 25.4. The average molecular weight is 489 g/mol. The maximum Gasteiger partial charge on any atom is 0.573 e. The van der Waals surface area contributed by atoms with Gasteiger partial charge in [-0.25, -0.2) is 9.18 Å². The minimum absolute atomic E-state index is 0.0915. The second-order valence-corrected chi connectivity index (χ2v) is 7.35. The fraction of sp³-hybridized carbons (Fsp3) is 0.192. The number of halogens is 4. The zero-order valence-electron chi connectivity index (χ0n) is 19.0. The number of alkyl halides is 3. The first-order chi connectivity index (χ1) is 16.7. The molecular formula is C26H23F4NO4. The number of nitrogens with one attached hydrogen (secondary N) is 1. The van der Waals surface area contributed by atoms with E-state index >= 15 is 0 Å². The molecule has 35 heavy (non-hydrogen) atoms. The summed E-state index contributed by atoms with van der Waals surface area (Å²) in [5, 5.41) is 3.03. The molecule has 0 bridgehead atoms. The molecule has 3 aromatic carbocycles. The third-order valence-corrected chi connectivity index (χ3v) is 4.81. The van der Waals surface area contributed by atoms with Crippen molar-refractivity contribution in [1.82, 2.24) is 0 Å². The van der Waals surface area contributed by atoms with E-state index in [0.717, 1.165) is 11.1 Å². The first kappa shape index (κ1) is 25.6. The molecule has 0 spiro atoms. The van der Waals surface area contributed by atoms with Gasteiger partial charge >= 0.3 is 12.3 Å². The van der Waals surface area contributed by atoms with Gasteiger partial charge in [-0.15, -0.1) is 13.2 Å². The van der Waals surface area contributed by atoms with Crippen LogP contribution in [0.2, 0.25) is 0 Å². The van der Waals surface area contributed by atoms with Crippen LogP contribution in [0.25, 0.3) is 5.70 Å². The maximum atomic E-state index is 14.1. The number of carbonyl (C=O) groups is 1. The molecule has 1 N–H and O–H groups in total. The number of carbonyl (C=O) groups excluding carboxylic acids is 1. The van der Waals surface area contributed by atoms with Gasteiger partial charge in [-0.05, 0) is 54.3 Å². The Labute approximate surface area is 199 Å². The average Bonchev–Trinajstić information content (AvgIpc) is 2.80. The van der Waals surface area contributed by atoms with Gasteiger partial charge in [0.2, 0.25) is 0 Å². The van der Waals surface area contributed by atoms with Crippen LogP contribution in [0.1, 0.15) is 23.6 Å². The van der Waals surface area contributed by atoms with Crippen molar-refractivity contribution in [2.75, 3.05) is 19.0 Å². The highest BCUT2D eigenvalue weighted by Crippen LogP contribution is 2.26. The lowest BCUT2D eigenvalue weighted by Gasteiger charge is -2.13. The van der Waals surface area contributed by atoms with E-state index in [2.05, 4.69) is 10.1 Å². The molecule has 0 unspecified atom stereocenters. The van der Waals surface area contributed by atoms with Crippen molar-refractivity contribution in [2.24, 2.45) is 0 Å². The Bertz CT molecular complexity index is 1170. The van der Waals surface area contributed by atoms with Crippen molar-refractivity contribution in [2.45, 2.75) is 19.7 Å². The van der Waals surface area contributed by atoms with Crippen molar-refractivity contribution >= 4 is 17.4 Å². The molecule has 0 aliphatic rings. The standard InChI is InChI=1S/C26H23F4NO4/c1-3-34-25(32)16-23(31-20-10-13-24(33-2)22(27)15-20)19-8-4-17(5-9-19)14-18-6-11-21(12-7-18)35-26(28,29)30/h4-13,15-16,31H,3,14H2,1-2H3/b23-16+. The molecule has 0 radical (unpaired) electrons. The van der Waals surface area contributed by atoms with Gasteiger partial charge in [-0.2, -0.15) is 0 Å². The predicted molar refractivity (Wildman–Crippen MR) is 124 cm³/mol. The summed E-state index contributed by atoms with van der Waals surface area (Å²) in [6, 6.07) is 17.2. The lowest BCUT2D eigenvalue weighted by molar-refractivity contribution is -0.274. The van der Waals surface area contributed by atoms with Crippen LogP contribution in [-0.4, -0.2) is 26.0 Å². The van der Waals surface area contributed by atoms with Crippen LogP contribution in [-0.2, 0) is 16.0 Å². The molecule has 0 saturated carbocycles. The minimum Gasteiger partial charge on any atom is -0.494 e. The van der Waals surface area contributed by atoms with E-state index in [-0.39, 0.29) is 18.1 Å². The number of methoxy groups -OCH3 is 1. The van der Waals surface area contributed by atoms with E-state index in [4.69, 9.17) is 9.47 Å². The summed E-state index contributed by atoms with van der Waals surface area (Å²) >= 11 is 0. The van der Waals surface area contributed by atoms with Crippen molar-refractivity contribution in [3.63, 3.8) is 0 Å². The van der Waals surface area contributed by atoms with Crippen molar-refractivity contribution in [3.8, 4) is 11.5 Å². The Kier molecular flexibility index (Phi) is 8.35. The molecule has 5 nitrogen and oxygen atoms in total. The first-order valence-electron chi connectivity index (χ1n) is 10.6. The second kappa shape index (κ2) is 11.4. The molecule has 0 aromatic heterocycles. The summed E-state index contributed by atoms with van der Waals surface area (Å²) in [6.07, 6.45) is -2.99. The number of benzene rings is 3. The van der Waals surface area contributed by atoms with E-state index in [1.807, 2.05) is 12.1 Å². The largest absolute Gasteiger partial charge is 0.573 e. The molecule has 0 aliphatic carbocycles. The van der Waals surface area contributed by atoms with E-state index in [0.29, 0.717) is 23.4 Å². The summed E-state index contributed by atoms with van der Waals surface area (Å²) in [7, 11) is 1.36. The van der Waals surface area contributed by atoms with Crippen LogP contribution in [0.4, 0.5) is 23.2 Å². The van der Waals surface area contributed by atoms with E-state index < -0.39 is 18.1 Å². The van der Waals surface area contributed by atoms with Gasteiger partial charge in [0.05, 0.1) is 19.4 Å². The van der Waals surface area contributed by atoms with Gasteiger partial charge in [-0.3, -0.25) is 0 Å². The summed E-state index contributed by atoms with van der Waals surface area (Å²) in [6.45, 7) is 1.89. The quantitative estimate of drug-likeness (QED) is 0.216. The number of hydrogen-bond acceptors (Lipinski definition) is 5. The summed E-state index contributed by atoms with van der Waals surface area (Å²) in [5.74, 6) is -1.32. The van der Waals surface area contributed by atoms with Crippen LogP contribution < -0.4 is 14.8 Å². The van der Waals surface area contributed by atoms with Crippen LogP contribution >= 0.6 is 0 Å². The van der Waals surface area contributed by atoms with Gasteiger partial charge in [0.25, 0.3) is 0 Å². The van der Waals surface area contributed by atoms with Crippen LogP contribution in [0.15, 0.2) is 72.8 Å². The van der Waals surface area contributed by atoms with Crippen LogP contribution in [0, 0.1) is 5.82 Å². The maximum absolute atomic E-state index is 14.1. The highest BCUT2D eigenvalue weighted by Gasteiger charge is 2.30. The third kappa shape index (κ3) is 7.77. The SMILES string of the molecule is CCOC(=O)/C=C(/Nc1ccc(OC)c(F)c1)c1ccc(Cc2ccc(OC(F)(F)F)cc2)cc1. The van der Waals surface area contributed by atoms with E-state index in [1.165, 1.54) is 37.5 Å². The third-order valence-electron chi connectivity index (χ3n) is 4.81. The first-order valence-corrected chi connectivity index (χ1v) is 10.6. The van der Waals surface area contributed by atoms with Crippen molar-refractivity contribution in [1.29, 1.82) is 0 Å². The molecule has 184 valence electrons. The number of rotatable bonds is 9. The van der Waals surface area contributed by atoms with Crippen LogP contribution in [0.3, 0.4) is 0 Å². The fourth-order valence-electron chi connectivity index (χ4n) is 3.24. The lowest BCUT2D eigenvalue weighted by Crippen LogP contribution is -2.17. The van der Waals surface area contributed by atoms with Gasteiger partial charge < -0.3 is 19.5 Å². The molecule has 0 fully saturated rings. The Morgan fingerprint density at radius 2 is 1.60 bits per heavy atom. The predicted octanol–water partition coefficient (Wildman–Crippen LogP) is 6.34. The summed E-state index contributed by atoms with van der Waals surface area (Å²) in [4.78, 5) is 12.1. The second-order valence-electron chi connectivity index (χ2n) is 7.35. The number of hydrogen-bond donors (Lipinski definition) is 1. The Morgan fingerprint density at radius 1 is 0.971 bits per heavy atom. The Balaban J connectivity index is 1.78. The lowest BCUT2D eigenvalue weighted by atomic mass is 10.0. The van der Waals surface area contributed by atoms with E-state index in [9.17, 15) is 22.4 Å². The number of anilines is 1. The number of esters is 1. The topological polar surface area (TPSA) is 56.8 Å². The molecule has 0 amide bonds.